The van der Waals surface area contributed by atoms with Crippen molar-refractivity contribution in [3.8, 4) is 5.75 Å². The van der Waals surface area contributed by atoms with Crippen LogP contribution in [0.3, 0.4) is 0 Å². The molecule has 0 spiro atoms. The molecule has 2 atom stereocenters. The Labute approximate surface area is 154 Å². The number of carboxylic acid groups (broad SMARTS) is 1. The first-order valence-electron chi connectivity index (χ1n) is 9.50. The fourth-order valence-corrected chi connectivity index (χ4v) is 4.14. The number of likely N-dealkylation sites (tertiary alicyclic amines) is 2. The van der Waals surface area contributed by atoms with Gasteiger partial charge >= 0.3 is 5.97 Å². The van der Waals surface area contributed by atoms with Crippen LogP contribution in [0.4, 0.5) is 0 Å². The minimum atomic E-state index is -0.821. The summed E-state index contributed by atoms with van der Waals surface area (Å²) in [7, 11) is 1.64. The van der Waals surface area contributed by atoms with Crippen LogP contribution in [0, 0.1) is 0 Å². The highest BCUT2D eigenvalue weighted by Gasteiger charge is 2.34. The van der Waals surface area contributed by atoms with Gasteiger partial charge in [0.2, 0.25) is 5.91 Å². The van der Waals surface area contributed by atoms with Crippen molar-refractivity contribution in [1.29, 1.82) is 0 Å². The van der Waals surface area contributed by atoms with Crippen LogP contribution in [0.25, 0.3) is 0 Å². The molecule has 2 aliphatic heterocycles. The van der Waals surface area contributed by atoms with Crippen LogP contribution >= 0.6 is 0 Å². The van der Waals surface area contributed by atoms with E-state index in [9.17, 15) is 14.7 Å². The summed E-state index contributed by atoms with van der Waals surface area (Å²) in [6.45, 7) is 1.62. The number of carbonyl (C=O) groups excluding carboxylic acids is 1. The first-order valence-corrected chi connectivity index (χ1v) is 9.50. The molecule has 2 heterocycles. The van der Waals surface area contributed by atoms with Crippen molar-refractivity contribution >= 4 is 11.9 Å². The summed E-state index contributed by atoms with van der Waals surface area (Å²) in [5.41, 5.74) is 1.12. The summed E-state index contributed by atoms with van der Waals surface area (Å²) >= 11 is 0. The third-order valence-electron chi connectivity index (χ3n) is 5.56. The van der Waals surface area contributed by atoms with Gasteiger partial charge in [-0.25, -0.2) is 0 Å². The van der Waals surface area contributed by atoms with E-state index >= 15 is 0 Å². The van der Waals surface area contributed by atoms with Crippen molar-refractivity contribution < 1.29 is 19.4 Å². The van der Waals surface area contributed by atoms with Crippen LogP contribution < -0.4 is 4.74 Å². The van der Waals surface area contributed by atoms with Gasteiger partial charge in [-0.2, -0.15) is 0 Å². The average Bonchev–Trinajstić information content (AvgIpc) is 2.97. The second-order valence-electron chi connectivity index (χ2n) is 7.19. The molecule has 1 aromatic rings. The van der Waals surface area contributed by atoms with Gasteiger partial charge in [0.15, 0.2) is 0 Å². The number of methoxy groups -OCH3 is 1. The van der Waals surface area contributed by atoms with Crippen LogP contribution in [0.5, 0.6) is 5.75 Å². The van der Waals surface area contributed by atoms with Gasteiger partial charge in [-0.15, -0.1) is 0 Å². The first-order chi connectivity index (χ1) is 12.6. The molecule has 0 aliphatic carbocycles. The molecule has 6 heteroatoms. The molecule has 3 rings (SSSR count). The summed E-state index contributed by atoms with van der Waals surface area (Å²) in [4.78, 5) is 28.2. The predicted molar refractivity (Wildman–Crippen MR) is 98.1 cm³/mol. The number of aliphatic carboxylic acids is 1. The van der Waals surface area contributed by atoms with E-state index < -0.39 is 12.0 Å². The Morgan fingerprint density at radius 3 is 2.54 bits per heavy atom. The van der Waals surface area contributed by atoms with Gasteiger partial charge in [-0.05, 0) is 49.9 Å². The standard InChI is InChI=1S/C20H28N2O4/c1-26-16-10-8-15(9-11-16)17-6-3-2-4-13-22(17)19(23)14-21-12-5-7-18(21)20(24)25/h8-11,17-18H,2-7,12-14H2,1H3,(H,24,25)/t17-,18+/m1/s1. The topological polar surface area (TPSA) is 70.1 Å². The van der Waals surface area contributed by atoms with Crippen molar-refractivity contribution in [2.24, 2.45) is 0 Å². The highest BCUT2D eigenvalue weighted by atomic mass is 16.5. The molecule has 142 valence electrons. The van der Waals surface area contributed by atoms with Gasteiger partial charge in [-0.1, -0.05) is 25.0 Å². The summed E-state index contributed by atoms with van der Waals surface area (Å²) in [5.74, 6) is 0.0281. The third kappa shape index (κ3) is 4.18. The summed E-state index contributed by atoms with van der Waals surface area (Å²) in [5, 5.41) is 9.35. The van der Waals surface area contributed by atoms with Crippen molar-refractivity contribution in [1.82, 2.24) is 9.80 Å². The van der Waals surface area contributed by atoms with E-state index in [0.717, 1.165) is 50.0 Å². The number of nitrogens with zero attached hydrogens (tertiary/aromatic N) is 2. The molecule has 0 aromatic heterocycles. The monoisotopic (exact) mass is 360 g/mol. The number of carboxylic acids is 1. The minimum absolute atomic E-state index is 0.0425. The van der Waals surface area contributed by atoms with Crippen molar-refractivity contribution in [3.05, 3.63) is 29.8 Å². The predicted octanol–water partition coefficient (Wildman–Crippen LogP) is 2.69. The lowest BCUT2D eigenvalue weighted by molar-refractivity contribution is -0.143. The van der Waals surface area contributed by atoms with E-state index in [-0.39, 0.29) is 18.5 Å². The summed E-state index contributed by atoms with van der Waals surface area (Å²) < 4.78 is 5.24. The van der Waals surface area contributed by atoms with Crippen molar-refractivity contribution in [2.75, 3.05) is 26.7 Å². The van der Waals surface area contributed by atoms with E-state index in [4.69, 9.17) is 4.74 Å². The largest absolute Gasteiger partial charge is 0.497 e. The third-order valence-corrected chi connectivity index (χ3v) is 5.56. The summed E-state index contributed by atoms with van der Waals surface area (Å²) in [6, 6.07) is 7.47. The molecule has 1 N–H and O–H groups in total. The van der Waals surface area contributed by atoms with Crippen LogP contribution in [-0.2, 0) is 9.59 Å². The lowest BCUT2D eigenvalue weighted by atomic mass is 10.0. The van der Waals surface area contributed by atoms with E-state index in [1.165, 1.54) is 0 Å². The molecule has 0 bridgehead atoms. The van der Waals surface area contributed by atoms with Gasteiger partial charge in [0.05, 0.1) is 19.7 Å². The first kappa shape index (κ1) is 18.7. The fraction of sp³-hybridized carbons (Fsp3) is 0.600. The quantitative estimate of drug-likeness (QED) is 0.874. The number of rotatable bonds is 5. The molecule has 26 heavy (non-hydrogen) atoms. The lowest BCUT2D eigenvalue weighted by Crippen LogP contribution is -2.45. The second kappa shape index (κ2) is 8.54. The van der Waals surface area contributed by atoms with E-state index in [1.807, 2.05) is 34.1 Å². The van der Waals surface area contributed by atoms with Crippen LogP contribution in [0.15, 0.2) is 24.3 Å². The number of hydrogen-bond donors (Lipinski definition) is 1. The van der Waals surface area contributed by atoms with Crippen LogP contribution in [-0.4, -0.2) is 59.6 Å². The zero-order chi connectivity index (χ0) is 18.5. The normalized spacial score (nSPS) is 24.3. The van der Waals surface area contributed by atoms with Gasteiger partial charge in [-0.3, -0.25) is 14.5 Å². The molecule has 6 nitrogen and oxygen atoms in total. The van der Waals surface area contributed by atoms with Crippen LogP contribution in [0.1, 0.15) is 50.1 Å². The van der Waals surface area contributed by atoms with E-state index in [1.54, 1.807) is 7.11 Å². The fourth-order valence-electron chi connectivity index (χ4n) is 4.14. The Hall–Kier alpha value is -2.08. The molecular weight excluding hydrogens is 332 g/mol. The molecule has 1 amide bonds. The maximum Gasteiger partial charge on any atom is 0.320 e. The maximum atomic E-state index is 13.0. The van der Waals surface area contributed by atoms with Gasteiger partial charge in [0, 0.05) is 6.54 Å². The molecule has 2 aliphatic rings. The Bertz CT molecular complexity index is 631. The highest BCUT2D eigenvalue weighted by Crippen LogP contribution is 2.31. The molecule has 1 aromatic carbocycles. The van der Waals surface area contributed by atoms with Crippen molar-refractivity contribution in [2.45, 2.75) is 50.6 Å². The molecule has 0 saturated carbocycles. The Balaban J connectivity index is 1.75. The Morgan fingerprint density at radius 2 is 1.85 bits per heavy atom. The van der Waals surface area contributed by atoms with E-state index in [0.29, 0.717) is 13.0 Å². The molecule has 0 radical (unpaired) electrons. The average molecular weight is 360 g/mol. The number of hydrogen-bond acceptors (Lipinski definition) is 4. The van der Waals surface area contributed by atoms with Gasteiger partial charge in [0.1, 0.15) is 11.8 Å². The second-order valence-corrected chi connectivity index (χ2v) is 7.19. The highest BCUT2D eigenvalue weighted by molar-refractivity contribution is 5.80. The molecule has 0 unspecified atom stereocenters. The molecule has 2 fully saturated rings. The Morgan fingerprint density at radius 1 is 1.08 bits per heavy atom. The number of ether oxygens (including phenoxy) is 1. The number of amides is 1. The zero-order valence-corrected chi connectivity index (χ0v) is 15.4. The zero-order valence-electron chi connectivity index (χ0n) is 15.4. The number of carbonyl (C=O) groups is 2. The lowest BCUT2D eigenvalue weighted by Gasteiger charge is -2.32. The summed E-state index contributed by atoms with van der Waals surface area (Å²) in [6.07, 6.45) is 5.64. The van der Waals surface area contributed by atoms with Crippen LogP contribution in [0.2, 0.25) is 0 Å². The maximum absolute atomic E-state index is 13.0. The SMILES string of the molecule is COc1ccc([C@H]2CCCCCN2C(=O)CN2CCC[C@H]2C(=O)O)cc1. The van der Waals surface area contributed by atoms with Crippen molar-refractivity contribution in [3.63, 3.8) is 0 Å². The minimum Gasteiger partial charge on any atom is -0.497 e. The smallest absolute Gasteiger partial charge is 0.320 e. The number of benzene rings is 1. The van der Waals surface area contributed by atoms with Gasteiger partial charge in [0.25, 0.3) is 0 Å². The molecule has 2 saturated heterocycles. The van der Waals surface area contributed by atoms with E-state index in [2.05, 4.69) is 0 Å². The molecular formula is C20H28N2O4. The Kier molecular flexibility index (Phi) is 6.14. The van der Waals surface area contributed by atoms with Gasteiger partial charge < -0.3 is 14.7 Å².